The summed E-state index contributed by atoms with van der Waals surface area (Å²) in [6, 6.07) is 25.8. The average molecular weight is 526 g/mol. The van der Waals surface area contributed by atoms with E-state index in [1.54, 1.807) is 40.9 Å². The maximum absolute atomic E-state index is 13.2. The maximum atomic E-state index is 13.2. The molecule has 5 rings (SSSR count). The number of fused-ring (bicyclic) bond motifs is 1. The van der Waals surface area contributed by atoms with Gasteiger partial charge in [0.1, 0.15) is 6.61 Å². The zero-order chi connectivity index (χ0) is 26.5. The molecule has 0 aliphatic heterocycles. The highest BCUT2D eigenvalue weighted by Gasteiger charge is 2.15. The van der Waals surface area contributed by atoms with Crippen molar-refractivity contribution < 1.29 is 9.53 Å². The molecule has 0 aliphatic carbocycles. The zero-order valence-corrected chi connectivity index (χ0v) is 21.9. The number of hydrogen-bond donors (Lipinski definition) is 0. The first-order chi connectivity index (χ1) is 18.5. The lowest BCUT2D eigenvalue weighted by Crippen LogP contribution is -2.18. The summed E-state index contributed by atoms with van der Waals surface area (Å²) < 4.78 is 9.18. The van der Waals surface area contributed by atoms with Crippen molar-refractivity contribution in [1.82, 2.24) is 14.0 Å². The van der Waals surface area contributed by atoms with Gasteiger partial charge in [0.25, 0.3) is 5.56 Å². The van der Waals surface area contributed by atoms with Crippen LogP contribution in [0.25, 0.3) is 28.3 Å². The molecule has 192 valence electrons. The third kappa shape index (κ3) is 5.55. The Kier molecular flexibility index (Phi) is 7.70. The lowest BCUT2D eigenvalue weighted by molar-refractivity contribution is 0.0472. The van der Waals surface area contributed by atoms with Gasteiger partial charge in [-0.2, -0.15) is 0 Å². The Morgan fingerprint density at radius 1 is 0.921 bits per heavy atom. The molecule has 7 heteroatoms. The molecule has 0 N–H and O–H groups in total. The number of ether oxygens (including phenoxy) is 1. The number of aromatic nitrogens is 3. The highest BCUT2D eigenvalue weighted by Crippen LogP contribution is 2.25. The van der Waals surface area contributed by atoms with Crippen molar-refractivity contribution in [1.29, 1.82) is 0 Å². The van der Waals surface area contributed by atoms with Crippen LogP contribution in [-0.4, -0.2) is 19.9 Å². The number of carbonyl (C=O) groups is 1. The number of benzene rings is 3. The number of imidazole rings is 1. The molecule has 6 nitrogen and oxygen atoms in total. The van der Waals surface area contributed by atoms with Crippen molar-refractivity contribution >= 4 is 23.3 Å². The van der Waals surface area contributed by atoms with Gasteiger partial charge in [0, 0.05) is 29.4 Å². The van der Waals surface area contributed by atoms with Crippen LogP contribution in [0.15, 0.2) is 95.9 Å². The van der Waals surface area contributed by atoms with Crippen LogP contribution in [0, 0.1) is 0 Å². The van der Waals surface area contributed by atoms with E-state index in [4.69, 9.17) is 21.3 Å². The van der Waals surface area contributed by atoms with Gasteiger partial charge in [0.2, 0.25) is 5.78 Å². The quantitative estimate of drug-likeness (QED) is 0.153. The normalized spacial score (nSPS) is 11.1. The highest BCUT2D eigenvalue weighted by atomic mass is 35.5. The topological polar surface area (TPSA) is 65.6 Å². The fraction of sp³-hybridized carbons (Fsp3) is 0.194. The number of halogens is 1. The molecule has 0 unspecified atom stereocenters. The first-order valence-electron chi connectivity index (χ1n) is 12.7. The smallest absolute Gasteiger partial charge is 0.338 e. The molecule has 0 radical (unpaired) electrons. The van der Waals surface area contributed by atoms with Crippen LogP contribution in [0.1, 0.15) is 42.1 Å². The lowest BCUT2D eigenvalue weighted by atomic mass is 10.1. The van der Waals surface area contributed by atoms with E-state index in [-0.39, 0.29) is 18.1 Å². The first-order valence-corrected chi connectivity index (χ1v) is 13.1. The molecule has 0 saturated carbocycles. The Labute approximate surface area is 226 Å². The van der Waals surface area contributed by atoms with Gasteiger partial charge in [-0.3, -0.25) is 9.20 Å². The SMILES string of the molecule is CCCCCn1c(-c2ccc(COC(=O)c3ccccc3)cc2)cc(=O)n2cc(-c3ccc(Cl)cc3)nc12. The summed E-state index contributed by atoms with van der Waals surface area (Å²) in [7, 11) is 0. The van der Waals surface area contributed by atoms with Crippen molar-refractivity contribution in [3.63, 3.8) is 0 Å². The first kappa shape index (κ1) is 25.5. The number of carbonyl (C=O) groups excluding carboxylic acids is 1. The second-order valence-electron chi connectivity index (χ2n) is 9.17. The van der Waals surface area contributed by atoms with E-state index < -0.39 is 0 Å². The monoisotopic (exact) mass is 525 g/mol. The minimum Gasteiger partial charge on any atom is -0.457 e. The van der Waals surface area contributed by atoms with Crippen molar-refractivity contribution in [2.75, 3.05) is 0 Å². The van der Waals surface area contributed by atoms with Crippen LogP contribution in [0.5, 0.6) is 0 Å². The third-order valence-corrected chi connectivity index (χ3v) is 6.72. The summed E-state index contributed by atoms with van der Waals surface area (Å²) in [6.45, 7) is 3.07. The Balaban J connectivity index is 1.46. The largest absolute Gasteiger partial charge is 0.457 e. The van der Waals surface area contributed by atoms with Gasteiger partial charge >= 0.3 is 5.97 Å². The Morgan fingerprint density at radius 2 is 1.63 bits per heavy atom. The van der Waals surface area contributed by atoms with E-state index in [1.807, 2.05) is 54.6 Å². The molecule has 0 bridgehead atoms. The van der Waals surface area contributed by atoms with Crippen LogP contribution in [0.2, 0.25) is 5.02 Å². The molecule has 3 aromatic carbocycles. The summed E-state index contributed by atoms with van der Waals surface area (Å²) in [5, 5.41) is 0.650. The predicted octanol–water partition coefficient (Wildman–Crippen LogP) is 7.03. The molecular weight excluding hydrogens is 498 g/mol. The minimum absolute atomic E-state index is 0.143. The second kappa shape index (κ2) is 11.5. The third-order valence-electron chi connectivity index (χ3n) is 6.47. The standard InChI is InChI=1S/C31H28ClN3O3/c1-2-3-7-18-34-28(19-29(36)35-20-27(33-31(34)35)23-14-16-26(32)17-15-23)24-12-10-22(11-13-24)21-38-30(37)25-8-5-4-6-9-25/h4-6,8-17,19-20H,2-3,7,18,21H2,1H3. The van der Waals surface area contributed by atoms with Crippen molar-refractivity contribution in [2.45, 2.75) is 39.3 Å². The fourth-order valence-corrected chi connectivity index (χ4v) is 4.54. The molecule has 5 aromatic rings. The lowest BCUT2D eigenvalue weighted by Gasteiger charge is -2.15. The van der Waals surface area contributed by atoms with Crippen LogP contribution >= 0.6 is 11.6 Å². The molecule has 0 atom stereocenters. The van der Waals surface area contributed by atoms with Gasteiger partial charge in [-0.15, -0.1) is 0 Å². The van der Waals surface area contributed by atoms with Gasteiger partial charge in [-0.05, 0) is 41.8 Å². The number of esters is 1. The Hall–Kier alpha value is -4.16. The van der Waals surface area contributed by atoms with Crippen molar-refractivity contribution in [3.8, 4) is 22.5 Å². The Bertz CT molecular complexity index is 1610. The minimum atomic E-state index is -0.360. The molecule has 0 fully saturated rings. The Morgan fingerprint density at radius 3 is 2.34 bits per heavy atom. The molecule has 0 spiro atoms. The maximum Gasteiger partial charge on any atom is 0.338 e. The molecular formula is C31H28ClN3O3. The summed E-state index contributed by atoms with van der Waals surface area (Å²) in [4.78, 5) is 30.3. The number of unbranched alkanes of at least 4 members (excludes halogenated alkanes) is 2. The fourth-order valence-electron chi connectivity index (χ4n) is 4.41. The van der Waals surface area contributed by atoms with Gasteiger partial charge < -0.3 is 9.30 Å². The summed E-state index contributed by atoms with van der Waals surface area (Å²) in [5.74, 6) is 0.245. The van der Waals surface area contributed by atoms with Crippen molar-refractivity contribution in [3.05, 3.63) is 118 Å². The van der Waals surface area contributed by atoms with E-state index >= 15 is 0 Å². The van der Waals surface area contributed by atoms with Crippen LogP contribution in [-0.2, 0) is 17.9 Å². The number of aryl methyl sites for hydroxylation is 1. The van der Waals surface area contributed by atoms with Crippen LogP contribution in [0.3, 0.4) is 0 Å². The molecule has 2 aromatic heterocycles. The van der Waals surface area contributed by atoms with E-state index in [1.165, 1.54) is 0 Å². The van der Waals surface area contributed by atoms with Crippen LogP contribution in [0.4, 0.5) is 0 Å². The molecule has 2 heterocycles. The summed E-state index contributed by atoms with van der Waals surface area (Å²) >= 11 is 6.06. The van der Waals surface area contributed by atoms with Gasteiger partial charge in [0.05, 0.1) is 17.0 Å². The van der Waals surface area contributed by atoms with Gasteiger partial charge in [-0.25, -0.2) is 9.78 Å². The van der Waals surface area contributed by atoms with E-state index in [0.717, 1.165) is 53.9 Å². The molecule has 0 aliphatic rings. The predicted molar refractivity (Wildman–Crippen MR) is 150 cm³/mol. The van der Waals surface area contributed by atoms with Crippen LogP contribution < -0.4 is 5.56 Å². The highest BCUT2D eigenvalue weighted by molar-refractivity contribution is 6.30. The molecule has 0 saturated heterocycles. The number of nitrogens with zero attached hydrogens (tertiary/aromatic N) is 3. The zero-order valence-electron chi connectivity index (χ0n) is 21.1. The van der Waals surface area contributed by atoms with E-state index in [0.29, 0.717) is 16.4 Å². The van der Waals surface area contributed by atoms with E-state index in [9.17, 15) is 9.59 Å². The second-order valence-corrected chi connectivity index (χ2v) is 9.61. The van der Waals surface area contributed by atoms with E-state index in [2.05, 4.69) is 11.5 Å². The number of hydrogen-bond acceptors (Lipinski definition) is 4. The average Bonchev–Trinajstić information content (AvgIpc) is 3.40. The molecule has 38 heavy (non-hydrogen) atoms. The van der Waals surface area contributed by atoms with Crippen molar-refractivity contribution in [2.24, 2.45) is 0 Å². The molecule has 0 amide bonds. The van der Waals surface area contributed by atoms with Gasteiger partial charge in [0.15, 0.2) is 0 Å². The summed E-state index contributed by atoms with van der Waals surface area (Å²) in [6.07, 6.45) is 4.92. The number of rotatable bonds is 9. The summed E-state index contributed by atoms with van der Waals surface area (Å²) in [5.41, 5.74) is 4.56. The van der Waals surface area contributed by atoms with Gasteiger partial charge in [-0.1, -0.05) is 86.0 Å².